The molecule has 3 rings (SSSR count). The summed E-state index contributed by atoms with van der Waals surface area (Å²) in [7, 11) is -1.49. The maximum absolute atomic E-state index is 12.7. The van der Waals surface area contributed by atoms with Crippen molar-refractivity contribution in [2.75, 3.05) is 20.1 Å². The number of piperidine rings is 1. The molecule has 6 heteroatoms. The van der Waals surface area contributed by atoms with Crippen LogP contribution in [0, 0.1) is 5.92 Å². The molecule has 144 valence electrons. The van der Waals surface area contributed by atoms with Gasteiger partial charge in [-0.3, -0.25) is 4.79 Å². The summed E-state index contributed by atoms with van der Waals surface area (Å²) in [6.45, 7) is 3.35. The van der Waals surface area contributed by atoms with Gasteiger partial charge in [0.05, 0.1) is 4.90 Å². The Morgan fingerprint density at radius 3 is 2.35 bits per heavy atom. The Morgan fingerprint density at radius 2 is 1.77 bits per heavy atom. The third kappa shape index (κ3) is 4.46. The van der Waals surface area contributed by atoms with Crippen LogP contribution in [0.25, 0.3) is 0 Å². The smallest absolute Gasteiger partial charge is 0.243 e. The lowest BCUT2D eigenvalue weighted by Crippen LogP contribution is -2.36. The monoisotopic (exact) mass is 378 g/mol. The number of sulfonamides is 1. The molecule has 26 heavy (non-hydrogen) atoms. The van der Waals surface area contributed by atoms with Gasteiger partial charge in [0.25, 0.3) is 0 Å². The van der Waals surface area contributed by atoms with E-state index in [4.69, 9.17) is 0 Å². The first kappa shape index (κ1) is 19.4. The van der Waals surface area contributed by atoms with Gasteiger partial charge in [-0.2, -0.15) is 4.31 Å². The lowest BCUT2D eigenvalue weighted by Gasteiger charge is -2.26. The Kier molecular flexibility index (Phi) is 6.03. The molecule has 0 radical (unpaired) electrons. The minimum Gasteiger partial charge on any atom is -0.343 e. The molecule has 2 fully saturated rings. The van der Waals surface area contributed by atoms with Gasteiger partial charge in [-0.1, -0.05) is 18.6 Å². The Hall–Kier alpha value is -1.40. The van der Waals surface area contributed by atoms with Crippen LogP contribution in [0.5, 0.6) is 0 Å². The Morgan fingerprint density at radius 1 is 1.15 bits per heavy atom. The molecule has 1 aromatic carbocycles. The van der Waals surface area contributed by atoms with E-state index in [0.717, 1.165) is 24.8 Å². The molecule has 1 atom stereocenters. The predicted octanol–water partition coefficient (Wildman–Crippen LogP) is 3.05. The lowest BCUT2D eigenvalue weighted by atomic mass is 10.1. The zero-order valence-electron chi connectivity index (χ0n) is 15.9. The summed E-state index contributed by atoms with van der Waals surface area (Å²) in [4.78, 5) is 14.6. The summed E-state index contributed by atoms with van der Waals surface area (Å²) >= 11 is 0. The van der Waals surface area contributed by atoms with Crippen LogP contribution in [-0.4, -0.2) is 49.7 Å². The average Bonchev–Trinajstić information content (AvgIpc) is 3.51. The van der Waals surface area contributed by atoms with Gasteiger partial charge in [0.2, 0.25) is 15.9 Å². The molecule has 1 unspecified atom stereocenters. The summed E-state index contributed by atoms with van der Waals surface area (Å²) in [6, 6.07) is 7.36. The average molecular weight is 379 g/mol. The SMILES string of the molecule is CC(C1CC1)N(C)C(=O)CCc1ccc(S(=O)(=O)N2CCCCC2)cc1. The fourth-order valence-electron chi connectivity index (χ4n) is 3.63. The van der Waals surface area contributed by atoms with Crippen LogP contribution in [-0.2, 0) is 21.2 Å². The number of hydrogen-bond donors (Lipinski definition) is 0. The zero-order valence-corrected chi connectivity index (χ0v) is 16.7. The maximum Gasteiger partial charge on any atom is 0.243 e. The van der Waals surface area contributed by atoms with Crippen molar-refractivity contribution in [1.82, 2.24) is 9.21 Å². The van der Waals surface area contributed by atoms with Crippen molar-refractivity contribution in [2.24, 2.45) is 5.92 Å². The number of amides is 1. The molecule has 5 nitrogen and oxygen atoms in total. The second-order valence-electron chi connectivity index (χ2n) is 7.69. The molecule has 2 aliphatic rings. The van der Waals surface area contributed by atoms with Crippen molar-refractivity contribution >= 4 is 15.9 Å². The Bertz CT molecular complexity index is 720. The molecular weight excluding hydrogens is 348 g/mol. The Balaban J connectivity index is 1.56. The first-order chi connectivity index (χ1) is 12.4. The standard InChI is InChI=1S/C20H30N2O3S/c1-16(18-9-10-18)21(2)20(23)13-8-17-6-11-19(12-7-17)26(24,25)22-14-4-3-5-15-22/h6-7,11-12,16,18H,3-5,8-10,13-15H2,1-2H3. The fourth-order valence-corrected chi connectivity index (χ4v) is 5.15. The first-order valence-electron chi connectivity index (χ1n) is 9.74. The van der Waals surface area contributed by atoms with Crippen LogP contribution in [0.2, 0.25) is 0 Å². The molecule has 0 aromatic heterocycles. The molecule has 0 N–H and O–H groups in total. The van der Waals surface area contributed by atoms with E-state index >= 15 is 0 Å². The highest BCUT2D eigenvalue weighted by atomic mass is 32.2. The number of hydrogen-bond acceptors (Lipinski definition) is 3. The van der Waals surface area contributed by atoms with Gasteiger partial charge in [-0.25, -0.2) is 8.42 Å². The molecule has 1 aromatic rings. The summed E-state index contributed by atoms with van der Waals surface area (Å²) in [5.41, 5.74) is 1.00. The number of nitrogens with zero attached hydrogens (tertiary/aromatic N) is 2. The summed E-state index contributed by atoms with van der Waals surface area (Å²) < 4.78 is 26.9. The van der Waals surface area contributed by atoms with Crippen LogP contribution in [0.4, 0.5) is 0 Å². The highest BCUT2D eigenvalue weighted by Crippen LogP contribution is 2.34. The van der Waals surface area contributed by atoms with Crippen molar-refractivity contribution in [1.29, 1.82) is 0 Å². The number of carbonyl (C=O) groups is 1. The van der Waals surface area contributed by atoms with Crippen LogP contribution in [0.15, 0.2) is 29.2 Å². The Labute approximate surface area is 157 Å². The molecule has 1 saturated heterocycles. The van der Waals surface area contributed by atoms with E-state index in [2.05, 4.69) is 6.92 Å². The van der Waals surface area contributed by atoms with Crippen LogP contribution >= 0.6 is 0 Å². The molecule has 1 saturated carbocycles. The van der Waals surface area contributed by atoms with E-state index in [1.54, 1.807) is 16.4 Å². The maximum atomic E-state index is 12.7. The number of benzene rings is 1. The van der Waals surface area contributed by atoms with Gasteiger partial charge in [-0.15, -0.1) is 0 Å². The molecule has 1 aliphatic heterocycles. The van der Waals surface area contributed by atoms with Gasteiger partial charge in [0, 0.05) is 32.6 Å². The van der Waals surface area contributed by atoms with Crippen molar-refractivity contribution < 1.29 is 13.2 Å². The lowest BCUT2D eigenvalue weighted by molar-refractivity contribution is -0.132. The zero-order chi connectivity index (χ0) is 18.7. The second-order valence-corrected chi connectivity index (χ2v) is 9.63. The summed E-state index contributed by atoms with van der Waals surface area (Å²) in [5, 5.41) is 0. The molecule has 0 bridgehead atoms. The van der Waals surface area contributed by atoms with Gasteiger partial charge >= 0.3 is 0 Å². The van der Waals surface area contributed by atoms with E-state index in [0.29, 0.717) is 42.8 Å². The van der Waals surface area contributed by atoms with E-state index in [1.807, 2.05) is 24.1 Å². The third-order valence-electron chi connectivity index (χ3n) is 5.81. The topological polar surface area (TPSA) is 57.7 Å². The van der Waals surface area contributed by atoms with E-state index in [1.165, 1.54) is 12.8 Å². The number of rotatable bonds is 7. The van der Waals surface area contributed by atoms with E-state index in [9.17, 15) is 13.2 Å². The fraction of sp³-hybridized carbons (Fsp3) is 0.650. The first-order valence-corrected chi connectivity index (χ1v) is 11.2. The van der Waals surface area contributed by atoms with Gasteiger partial charge in [-0.05, 0) is 62.6 Å². The van der Waals surface area contributed by atoms with Crippen LogP contribution < -0.4 is 0 Å². The quantitative estimate of drug-likeness (QED) is 0.733. The molecule has 1 heterocycles. The van der Waals surface area contributed by atoms with E-state index < -0.39 is 10.0 Å². The van der Waals surface area contributed by atoms with E-state index in [-0.39, 0.29) is 5.91 Å². The minimum absolute atomic E-state index is 0.161. The van der Waals surface area contributed by atoms with Crippen molar-refractivity contribution in [3.63, 3.8) is 0 Å². The molecule has 1 aliphatic carbocycles. The number of carbonyl (C=O) groups excluding carboxylic acids is 1. The van der Waals surface area contributed by atoms with Crippen LogP contribution in [0.3, 0.4) is 0 Å². The summed E-state index contributed by atoms with van der Waals surface area (Å²) in [5.74, 6) is 0.831. The van der Waals surface area contributed by atoms with Gasteiger partial charge < -0.3 is 4.90 Å². The molecule has 0 spiro atoms. The van der Waals surface area contributed by atoms with Gasteiger partial charge in [0.15, 0.2) is 0 Å². The van der Waals surface area contributed by atoms with Crippen molar-refractivity contribution in [2.45, 2.75) is 62.8 Å². The van der Waals surface area contributed by atoms with Gasteiger partial charge in [0.1, 0.15) is 0 Å². The summed E-state index contributed by atoms with van der Waals surface area (Å²) in [6.07, 6.45) is 6.54. The second kappa shape index (κ2) is 8.09. The normalized spacial score (nSPS) is 19.9. The van der Waals surface area contributed by atoms with Crippen LogP contribution in [0.1, 0.15) is 51.0 Å². The highest BCUT2D eigenvalue weighted by molar-refractivity contribution is 7.89. The largest absolute Gasteiger partial charge is 0.343 e. The molecular formula is C20H30N2O3S. The van der Waals surface area contributed by atoms with Crippen molar-refractivity contribution in [3.8, 4) is 0 Å². The highest BCUT2D eigenvalue weighted by Gasteiger charge is 2.32. The minimum atomic E-state index is -3.38. The number of aryl methyl sites for hydroxylation is 1. The molecule has 1 amide bonds. The third-order valence-corrected chi connectivity index (χ3v) is 7.73. The predicted molar refractivity (Wildman–Crippen MR) is 102 cm³/mol. The van der Waals surface area contributed by atoms with Crippen molar-refractivity contribution in [3.05, 3.63) is 29.8 Å².